The molecule has 1 heterocycles. The van der Waals surface area contributed by atoms with Gasteiger partial charge in [-0.1, -0.05) is 18.2 Å². The molecule has 1 fully saturated rings. The van der Waals surface area contributed by atoms with E-state index in [2.05, 4.69) is 11.0 Å². The molecule has 1 N–H and O–H groups in total. The number of carbonyl (C=O) groups is 1. The highest BCUT2D eigenvalue weighted by molar-refractivity contribution is 8.00. The lowest BCUT2D eigenvalue weighted by molar-refractivity contribution is -0.133. The van der Waals surface area contributed by atoms with Crippen LogP contribution in [0.5, 0.6) is 5.75 Å². The van der Waals surface area contributed by atoms with E-state index in [0.29, 0.717) is 5.25 Å². The van der Waals surface area contributed by atoms with Crippen LogP contribution in [0.2, 0.25) is 0 Å². The van der Waals surface area contributed by atoms with E-state index in [4.69, 9.17) is 9.84 Å². The number of para-hydroxylation sites is 1. The fourth-order valence-electron chi connectivity index (χ4n) is 2.73. The molecule has 4 nitrogen and oxygen atoms in total. The summed E-state index contributed by atoms with van der Waals surface area (Å²) in [6.45, 7) is 6.97. The first-order chi connectivity index (χ1) is 10.5. The summed E-state index contributed by atoms with van der Waals surface area (Å²) in [5.41, 5.74) is 1.21. The number of benzene rings is 1. The van der Waals surface area contributed by atoms with Crippen molar-refractivity contribution in [1.29, 1.82) is 0 Å². The Kier molecular flexibility index (Phi) is 6.58. The molecule has 0 amide bonds. The maximum absolute atomic E-state index is 10.7. The van der Waals surface area contributed by atoms with E-state index < -0.39 is 5.97 Å². The van der Waals surface area contributed by atoms with Gasteiger partial charge in [0, 0.05) is 23.9 Å². The third kappa shape index (κ3) is 5.54. The lowest BCUT2D eigenvalue weighted by Crippen LogP contribution is -2.36. The Labute approximate surface area is 136 Å². The molecule has 2 rings (SSSR count). The van der Waals surface area contributed by atoms with E-state index in [9.17, 15) is 4.79 Å². The van der Waals surface area contributed by atoms with Gasteiger partial charge < -0.3 is 9.84 Å². The number of rotatable bonds is 7. The van der Waals surface area contributed by atoms with Gasteiger partial charge in [0.1, 0.15) is 5.75 Å². The smallest absolute Gasteiger partial charge is 0.313 e. The number of thioether (sulfide) groups is 1. The molecule has 1 saturated heterocycles. The van der Waals surface area contributed by atoms with Crippen molar-refractivity contribution in [1.82, 2.24) is 4.90 Å². The zero-order chi connectivity index (χ0) is 15.9. The van der Waals surface area contributed by atoms with E-state index >= 15 is 0 Å². The maximum Gasteiger partial charge on any atom is 0.313 e. The molecule has 1 atom stereocenters. The second kappa shape index (κ2) is 8.44. The predicted octanol–water partition coefficient (Wildman–Crippen LogP) is 3.26. The Bertz CT molecular complexity index is 493. The van der Waals surface area contributed by atoms with Crippen molar-refractivity contribution < 1.29 is 14.6 Å². The predicted molar refractivity (Wildman–Crippen MR) is 90.6 cm³/mol. The number of nitrogens with zero attached hydrogens (tertiary/aromatic N) is 1. The van der Waals surface area contributed by atoms with Gasteiger partial charge in [-0.3, -0.25) is 9.69 Å². The van der Waals surface area contributed by atoms with Crippen LogP contribution in [0.3, 0.4) is 0 Å². The topological polar surface area (TPSA) is 49.8 Å². The van der Waals surface area contributed by atoms with Gasteiger partial charge in [-0.25, -0.2) is 0 Å². The highest BCUT2D eigenvalue weighted by Gasteiger charge is 2.22. The Morgan fingerprint density at radius 1 is 1.45 bits per heavy atom. The molecular weight excluding hydrogens is 298 g/mol. The van der Waals surface area contributed by atoms with Crippen LogP contribution in [0.25, 0.3) is 0 Å². The minimum absolute atomic E-state index is 0.168. The minimum atomic E-state index is -0.724. The molecule has 0 spiro atoms. The molecule has 122 valence electrons. The number of aliphatic carboxylic acids is 1. The lowest BCUT2D eigenvalue weighted by Gasteiger charge is -2.32. The van der Waals surface area contributed by atoms with Crippen molar-refractivity contribution in [3.8, 4) is 5.75 Å². The Balaban J connectivity index is 1.94. The van der Waals surface area contributed by atoms with Crippen molar-refractivity contribution in [3.63, 3.8) is 0 Å². The first kappa shape index (κ1) is 17.2. The molecule has 1 aliphatic rings. The summed E-state index contributed by atoms with van der Waals surface area (Å²) in [7, 11) is 0. The van der Waals surface area contributed by atoms with E-state index in [1.807, 2.05) is 32.0 Å². The quantitative estimate of drug-likeness (QED) is 0.834. The zero-order valence-electron chi connectivity index (χ0n) is 13.3. The maximum atomic E-state index is 10.7. The van der Waals surface area contributed by atoms with Crippen LogP contribution >= 0.6 is 11.8 Å². The zero-order valence-corrected chi connectivity index (χ0v) is 14.1. The van der Waals surface area contributed by atoms with Crippen molar-refractivity contribution >= 4 is 17.7 Å². The largest absolute Gasteiger partial charge is 0.491 e. The Hall–Kier alpha value is -1.20. The summed E-state index contributed by atoms with van der Waals surface area (Å²) in [5.74, 6) is 0.432. The third-order valence-corrected chi connectivity index (χ3v) is 4.90. The molecule has 1 aliphatic heterocycles. The fourth-order valence-corrected chi connectivity index (χ4v) is 3.75. The average molecular weight is 323 g/mol. The van der Waals surface area contributed by atoms with E-state index in [1.165, 1.54) is 5.56 Å². The SMILES string of the molecule is CC(C)Oc1ccccc1CN1CCCC(SCC(=O)O)C1. The van der Waals surface area contributed by atoms with Gasteiger partial charge in [0.25, 0.3) is 0 Å². The number of hydrogen-bond donors (Lipinski definition) is 1. The number of hydrogen-bond acceptors (Lipinski definition) is 4. The number of ether oxygens (including phenoxy) is 1. The first-order valence-corrected chi connectivity index (χ1v) is 8.90. The highest BCUT2D eigenvalue weighted by atomic mass is 32.2. The van der Waals surface area contributed by atoms with E-state index in [0.717, 1.165) is 38.2 Å². The van der Waals surface area contributed by atoms with Crippen molar-refractivity contribution in [2.75, 3.05) is 18.8 Å². The fraction of sp³-hybridized carbons (Fsp3) is 0.588. The van der Waals surface area contributed by atoms with Crippen LogP contribution in [0.15, 0.2) is 24.3 Å². The Morgan fingerprint density at radius 3 is 2.95 bits per heavy atom. The third-order valence-electron chi connectivity index (χ3n) is 3.63. The van der Waals surface area contributed by atoms with Gasteiger partial charge in [-0.2, -0.15) is 0 Å². The van der Waals surface area contributed by atoms with Gasteiger partial charge in [0.05, 0.1) is 11.9 Å². The second-order valence-electron chi connectivity index (χ2n) is 5.98. The average Bonchev–Trinajstić information content (AvgIpc) is 2.47. The summed E-state index contributed by atoms with van der Waals surface area (Å²) >= 11 is 1.56. The number of piperidine rings is 1. The minimum Gasteiger partial charge on any atom is -0.491 e. The molecule has 5 heteroatoms. The van der Waals surface area contributed by atoms with E-state index in [1.54, 1.807) is 11.8 Å². The van der Waals surface area contributed by atoms with Gasteiger partial charge in [0.2, 0.25) is 0 Å². The van der Waals surface area contributed by atoms with Crippen LogP contribution < -0.4 is 4.74 Å². The molecule has 0 aromatic heterocycles. The van der Waals surface area contributed by atoms with Crippen molar-refractivity contribution in [3.05, 3.63) is 29.8 Å². The van der Waals surface area contributed by atoms with Crippen LogP contribution in [-0.2, 0) is 11.3 Å². The lowest BCUT2D eigenvalue weighted by atomic mass is 10.1. The van der Waals surface area contributed by atoms with Gasteiger partial charge >= 0.3 is 5.97 Å². The van der Waals surface area contributed by atoms with E-state index in [-0.39, 0.29) is 11.9 Å². The standard InChI is InChI=1S/C17H25NO3S/c1-13(2)21-16-8-4-3-6-14(16)10-18-9-5-7-15(11-18)22-12-17(19)20/h3-4,6,8,13,15H,5,7,9-12H2,1-2H3,(H,19,20). The van der Waals surface area contributed by atoms with Gasteiger partial charge in [-0.05, 0) is 39.3 Å². The number of carboxylic acids is 1. The van der Waals surface area contributed by atoms with Gasteiger partial charge in [0.15, 0.2) is 0 Å². The molecule has 0 aliphatic carbocycles. The van der Waals surface area contributed by atoms with Crippen LogP contribution in [0.1, 0.15) is 32.3 Å². The summed E-state index contributed by atoms with van der Waals surface area (Å²) < 4.78 is 5.88. The first-order valence-electron chi connectivity index (χ1n) is 7.85. The summed E-state index contributed by atoms with van der Waals surface area (Å²) in [6, 6.07) is 8.19. The molecule has 1 aromatic carbocycles. The number of likely N-dealkylation sites (tertiary alicyclic amines) is 1. The molecule has 0 radical (unpaired) electrons. The van der Waals surface area contributed by atoms with Crippen molar-refractivity contribution in [2.45, 2.75) is 44.6 Å². The summed E-state index contributed by atoms with van der Waals surface area (Å²) in [5, 5.41) is 9.23. The van der Waals surface area contributed by atoms with Crippen molar-refractivity contribution in [2.24, 2.45) is 0 Å². The molecule has 1 unspecified atom stereocenters. The highest BCUT2D eigenvalue weighted by Crippen LogP contribution is 2.26. The molecule has 1 aromatic rings. The molecular formula is C17H25NO3S. The molecule has 0 saturated carbocycles. The summed E-state index contributed by atoms with van der Waals surface area (Å²) in [4.78, 5) is 13.1. The van der Waals surface area contributed by atoms with Crippen LogP contribution in [0, 0.1) is 0 Å². The monoisotopic (exact) mass is 323 g/mol. The number of carboxylic acid groups (broad SMARTS) is 1. The van der Waals surface area contributed by atoms with Crippen LogP contribution in [0.4, 0.5) is 0 Å². The molecule has 22 heavy (non-hydrogen) atoms. The summed E-state index contributed by atoms with van der Waals surface area (Å²) in [6.07, 6.45) is 2.41. The second-order valence-corrected chi connectivity index (χ2v) is 7.27. The Morgan fingerprint density at radius 2 is 2.23 bits per heavy atom. The van der Waals surface area contributed by atoms with Gasteiger partial charge in [-0.15, -0.1) is 11.8 Å². The normalized spacial score (nSPS) is 19.3. The van der Waals surface area contributed by atoms with Crippen LogP contribution in [-0.4, -0.2) is 46.2 Å². The molecule has 0 bridgehead atoms.